The van der Waals surface area contributed by atoms with E-state index in [0.29, 0.717) is 0 Å². The van der Waals surface area contributed by atoms with Crippen molar-refractivity contribution in [3.05, 3.63) is 34.9 Å². The van der Waals surface area contributed by atoms with Gasteiger partial charge in [-0.05, 0) is 67.9 Å². The van der Waals surface area contributed by atoms with E-state index < -0.39 is 0 Å². The second-order valence-corrected chi connectivity index (χ2v) is 6.29. The Morgan fingerprint density at radius 1 is 1.26 bits per heavy atom. The van der Waals surface area contributed by atoms with Crippen molar-refractivity contribution in [2.75, 3.05) is 19.6 Å². The van der Waals surface area contributed by atoms with Crippen LogP contribution in [0.5, 0.6) is 0 Å². The van der Waals surface area contributed by atoms with Gasteiger partial charge in [-0.15, -0.1) is 0 Å². The molecule has 19 heavy (non-hydrogen) atoms. The molecule has 0 saturated carbocycles. The number of hydrogen-bond acceptors (Lipinski definition) is 2. The lowest BCUT2D eigenvalue weighted by Gasteiger charge is -2.25. The molecule has 2 aliphatic heterocycles. The van der Waals surface area contributed by atoms with Gasteiger partial charge in [0, 0.05) is 13.1 Å². The largest absolute Gasteiger partial charge is 0.312 e. The van der Waals surface area contributed by atoms with Crippen molar-refractivity contribution in [3.8, 4) is 0 Å². The zero-order chi connectivity index (χ0) is 13.1. The maximum Gasteiger partial charge on any atom is 0.0236 e. The van der Waals surface area contributed by atoms with Gasteiger partial charge >= 0.3 is 0 Å². The van der Waals surface area contributed by atoms with Crippen LogP contribution < -0.4 is 5.32 Å². The third-order valence-electron chi connectivity index (χ3n) is 4.74. The number of likely N-dealkylation sites (tertiary alicyclic amines) is 1. The molecule has 1 aromatic carbocycles. The number of rotatable bonds is 2. The quantitative estimate of drug-likeness (QED) is 0.877. The minimum atomic E-state index is 0.916. The summed E-state index contributed by atoms with van der Waals surface area (Å²) in [7, 11) is 0. The third kappa shape index (κ3) is 3.18. The van der Waals surface area contributed by atoms with E-state index in [1.54, 1.807) is 11.1 Å². The zero-order valence-electron chi connectivity index (χ0n) is 12.1. The topological polar surface area (TPSA) is 15.3 Å². The molecule has 1 aromatic rings. The van der Waals surface area contributed by atoms with Crippen LogP contribution in [0, 0.1) is 5.92 Å². The van der Waals surface area contributed by atoms with Gasteiger partial charge in [-0.3, -0.25) is 4.90 Å². The summed E-state index contributed by atoms with van der Waals surface area (Å²) in [5.41, 5.74) is 4.72. The molecular weight excluding hydrogens is 232 g/mol. The van der Waals surface area contributed by atoms with E-state index in [1.165, 1.54) is 44.3 Å². The van der Waals surface area contributed by atoms with Crippen LogP contribution in [0.3, 0.4) is 0 Å². The van der Waals surface area contributed by atoms with Crippen molar-refractivity contribution in [2.45, 2.75) is 45.7 Å². The third-order valence-corrected chi connectivity index (χ3v) is 4.74. The highest BCUT2D eigenvalue weighted by atomic mass is 15.1. The molecule has 2 nitrogen and oxygen atoms in total. The van der Waals surface area contributed by atoms with Gasteiger partial charge in [0.2, 0.25) is 0 Å². The fourth-order valence-corrected chi connectivity index (χ4v) is 3.48. The van der Waals surface area contributed by atoms with Gasteiger partial charge < -0.3 is 5.32 Å². The van der Waals surface area contributed by atoms with Crippen LogP contribution in [0.1, 0.15) is 42.9 Å². The standard InChI is InChI=1S/C17H26N2/c1-14-4-3-10-19(11-8-14)13-16-6-2-5-15-12-18-9-7-17(15)16/h2,5-6,14,18H,3-4,7-13H2,1H3. The fraction of sp³-hybridized carbons (Fsp3) is 0.647. The molecule has 104 valence electrons. The summed E-state index contributed by atoms with van der Waals surface area (Å²) in [5.74, 6) is 0.916. The number of hydrogen-bond donors (Lipinski definition) is 1. The molecule has 1 N–H and O–H groups in total. The molecule has 2 heteroatoms. The van der Waals surface area contributed by atoms with E-state index in [0.717, 1.165) is 25.6 Å². The normalized spacial score (nSPS) is 24.8. The molecule has 3 rings (SSSR count). The van der Waals surface area contributed by atoms with Crippen LogP contribution in [0.4, 0.5) is 0 Å². The van der Waals surface area contributed by atoms with Gasteiger partial charge in [-0.1, -0.05) is 25.1 Å². The van der Waals surface area contributed by atoms with Gasteiger partial charge in [0.15, 0.2) is 0 Å². The van der Waals surface area contributed by atoms with Gasteiger partial charge in [0.25, 0.3) is 0 Å². The van der Waals surface area contributed by atoms with Gasteiger partial charge in [0.05, 0.1) is 0 Å². The summed E-state index contributed by atoms with van der Waals surface area (Å²) in [6, 6.07) is 6.87. The van der Waals surface area contributed by atoms with Gasteiger partial charge in [0.1, 0.15) is 0 Å². The average molecular weight is 258 g/mol. The molecular formula is C17H26N2. The molecule has 1 atom stereocenters. The highest BCUT2D eigenvalue weighted by Crippen LogP contribution is 2.22. The van der Waals surface area contributed by atoms with Crippen LogP contribution in [0.15, 0.2) is 18.2 Å². The zero-order valence-corrected chi connectivity index (χ0v) is 12.1. The minimum Gasteiger partial charge on any atom is -0.312 e. The Kier molecular flexibility index (Phi) is 4.19. The first kappa shape index (κ1) is 13.1. The molecule has 1 saturated heterocycles. The molecule has 2 heterocycles. The lowest BCUT2D eigenvalue weighted by molar-refractivity contribution is 0.272. The van der Waals surface area contributed by atoms with E-state index >= 15 is 0 Å². The smallest absolute Gasteiger partial charge is 0.0236 e. The summed E-state index contributed by atoms with van der Waals surface area (Å²) in [6.07, 6.45) is 5.36. The van der Waals surface area contributed by atoms with Crippen molar-refractivity contribution >= 4 is 0 Å². The Bertz CT molecular complexity index is 427. The first-order chi connectivity index (χ1) is 9.33. The molecule has 0 aromatic heterocycles. The van der Waals surface area contributed by atoms with E-state index in [9.17, 15) is 0 Å². The number of benzene rings is 1. The molecule has 1 unspecified atom stereocenters. The number of fused-ring (bicyclic) bond motifs is 1. The van der Waals surface area contributed by atoms with E-state index in [4.69, 9.17) is 0 Å². The molecule has 0 radical (unpaired) electrons. The summed E-state index contributed by atoms with van der Waals surface area (Å²) < 4.78 is 0. The highest BCUT2D eigenvalue weighted by Gasteiger charge is 2.17. The van der Waals surface area contributed by atoms with E-state index in [2.05, 4.69) is 35.3 Å². The summed E-state index contributed by atoms with van der Waals surface area (Å²) in [4.78, 5) is 2.67. The van der Waals surface area contributed by atoms with Crippen LogP contribution in [0.25, 0.3) is 0 Å². The van der Waals surface area contributed by atoms with Crippen molar-refractivity contribution in [1.82, 2.24) is 10.2 Å². The fourth-order valence-electron chi connectivity index (χ4n) is 3.48. The maximum absolute atomic E-state index is 3.47. The van der Waals surface area contributed by atoms with Crippen LogP contribution >= 0.6 is 0 Å². The van der Waals surface area contributed by atoms with Crippen LogP contribution in [-0.4, -0.2) is 24.5 Å². The Morgan fingerprint density at radius 2 is 2.21 bits per heavy atom. The van der Waals surface area contributed by atoms with Gasteiger partial charge in [-0.2, -0.15) is 0 Å². The average Bonchev–Trinajstić information content (AvgIpc) is 2.64. The number of nitrogens with one attached hydrogen (secondary N) is 1. The first-order valence-electron chi connectivity index (χ1n) is 7.85. The van der Waals surface area contributed by atoms with Crippen molar-refractivity contribution < 1.29 is 0 Å². The minimum absolute atomic E-state index is 0.916. The Morgan fingerprint density at radius 3 is 3.16 bits per heavy atom. The Hall–Kier alpha value is -0.860. The van der Waals surface area contributed by atoms with E-state index in [1.807, 2.05) is 0 Å². The second kappa shape index (κ2) is 6.06. The molecule has 0 aliphatic carbocycles. The predicted molar refractivity (Wildman–Crippen MR) is 80.1 cm³/mol. The lowest BCUT2D eigenvalue weighted by Crippen LogP contribution is -2.28. The maximum atomic E-state index is 3.47. The molecule has 0 amide bonds. The molecule has 1 fully saturated rings. The summed E-state index contributed by atoms with van der Waals surface area (Å²) >= 11 is 0. The van der Waals surface area contributed by atoms with Gasteiger partial charge in [-0.25, -0.2) is 0 Å². The summed E-state index contributed by atoms with van der Waals surface area (Å²) in [5, 5.41) is 3.47. The van der Waals surface area contributed by atoms with Crippen molar-refractivity contribution in [3.63, 3.8) is 0 Å². The SMILES string of the molecule is CC1CCCN(Cc2cccc3c2CCNC3)CC1. The highest BCUT2D eigenvalue weighted by molar-refractivity contribution is 5.37. The second-order valence-electron chi connectivity index (χ2n) is 6.29. The van der Waals surface area contributed by atoms with Crippen molar-refractivity contribution in [1.29, 1.82) is 0 Å². The molecule has 0 bridgehead atoms. The molecule has 2 aliphatic rings. The van der Waals surface area contributed by atoms with Crippen molar-refractivity contribution in [2.24, 2.45) is 5.92 Å². The predicted octanol–water partition coefficient (Wildman–Crippen LogP) is 2.95. The lowest BCUT2D eigenvalue weighted by atomic mass is 9.95. The Balaban J connectivity index is 1.72. The first-order valence-corrected chi connectivity index (χ1v) is 7.85. The number of nitrogens with zero attached hydrogens (tertiary/aromatic N) is 1. The van der Waals surface area contributed by atoms with E-state index in [-0.39, 0.29) is 0 Å². The van der Waals surface area contributed by atoms with Crippen LogP contribution in [-0.2, 0) is 19.5 Å². The monoisotopic (exact) mass is 258 g/mol. The molecule has 0 spiro atoms. The summed E-state index contributed by atoms with van der Waals surface area (Å²) in [6.45, 7) is 8.33. The van der Waals surface area contributed by atoms with Crippen LogP contribution in [0.2, 0.25) is 0 Å². The Labute approximate surface area is 117 Å².